The zero-order valence-corrected chi connectivity index (χ0v) is 18.7. The van der Waals surface area contributed by atoms with E-state index in [9.17, 15) is 15.3 Å². The molecule has 3 N–H and O–H groups in total. The molecule has 6 atom stereocenters. The average molecular weight is 401 g/mol. The summed E-state index contributed by atoms with van der Waals surface area (Å²) in [6.07, 6.45) is 12.7. The van der Waals surface area contributed by atoms with Crippen molar-refractivity contribution in [1.29, 1.82) is 0 Å². The molecule has 0 aromatic carbocycles. The molecule has 3 aliphatic rings. The van der Waals surface area contributed by atoms with Gasteiger partial charge in [0.2, 0.25) is 0 Å². The van der Waals surface area contributed by atoms with E-state index < -0.39 is 17.8 Å². The van der Waals surface area contributed by atoms with Crippen molar-refractivity contribution in [3.63, 3.8) is 0 Å². The number of rotatable bonds is 3. The Labute approximate surface area is 177 Å². The lowest BCUT2D eigenvalue weighted by Gasteiger charge is -2.44. The number of aliphatic hydroxyl groups is 3. The predicted octanol–water partition coefficient (Wildman–Crippen LogP) is 4.76. The Morgan fingerprint density at radius 3 is 2.52 bits per heavy atom. The monoisotopic (exact) mass is 400 g/mol. The van der Waals surface area contributed by atoms with Gasteiger partial charge in [0.15, 0.2) is 0 Å². The number of allylic oxidation sites excluding steroid dienone is 3. The minimum Gasteiger partial charge on any atom is -0.393 e. The Morgan fingerprint density at radius 2 is 1.86 bits per heavy atom. The molecule has 3 heteroatoms. The molecule has 3 fully saturated rings. The van der Waals surface area contributed by atoms with Gasteiger partial charge in [-0.3, -0.25) is 0 Å². The highest BCUT2D eigenvalue weighted by molar-refractivity contribution is 5.26. The summed E-state index contributed by atoms with van der Waals surface area (Å²) in [4.78, 5) is 0. The molecule has 29 heavy (non-hydrogen) atoms. The van der Waals surface area contributed by atoms with Gasteiger partial charge in [-0.15, -0.1) is 5.92 Å². The molecule has 0 amide bonds. The van der Waals surface area contributed by atoms with Gasteiger partial charge in [-0.1, -0.05) is 43.1 Å². The largest absolute Gasteiger partial charge is 0.393 e. The minimum absolute atomic E-state index is 0.337. The van der Waals surface area contributed by atoms with Crippen LogP contribution in [0.3, 0.4) is 0 Å². The van der Waals surface area contributed by atoms with Crippen molar-refractivity contribution < 1.29 is 15.3 Å². The molecule has 0 aliphatic heterocycles. The third kappa shape index (κ3) is 5.54. The molecule has 0 spiro atoms. The fourth-order valence-corrected chi connectivity index (χ4v) is 6.32. The van der Waals surface area contributed by atoms with Crippen LogP contribution in [0.5, 0.6) is 0 Å². The fraction of sp³-hybridized carbons (Fsp3) is 0.769. The van der Waals surface area contributed by atoms with Crippen molar-refractivity contribution in [1.82, 2.24) is 0 Å². The van der Waals surface area contributed by atoms with E-state index in [0.717, 1.165) is 6.42 Å². The summed E-state index contributed by atoms with van der Waals surface area (Å²) in [5.41, 5.74) is 2.18. The maximum atomic E-state index is 9.95. The van der Waals surface area contributed by atoms with E-state index >= 15 is 0 Å². The molecule has 3 nitrogen and oxygen atoms in total. The Morgan fingerprint density at radius 1 is 1.17 bits per heavy atom. The summed E-state index contributed by atoms with van der Waals surface area (Å²) < 4.78 is 0. The summed E-state index contributed by atoms with van der Waals surface area (Å²) in [7, 11) is 0. The van der Waals surface area contributed by atoms with Crippen molar-refractivity contribution in [2.75, 3.05) is 0 Å². The topological polar surface area (TPSA) is 60.7 Å². The van der Waals surface area contributed by atoms with Gasteiger partial charge in [-0.25, -0.2) is 0 Å². The van der Waals surface area contributed by atoms with E-state index in [1.54, 1.807) is 19.4 Å². The molecule has 0 bridgehead atoms. The van der Waals surface area contributed by atoms with E-state index in [-0.39, 0.29) is 0 Å². The Hall–Kier alpha value is -1.08. The van der Waals surface area contributed by atoms with Crippen LogP contribution >= 0.6 is 0 Å². The molecule has 3 saturated carbocycles. The third-order valence-electron chi connectivity index (χ3n) is 7.62. The van der Waals surface area contributed by atoms with E-state index in [2.05, 4.69) is 37.8 Å². The second-order valence-electron chi connectivity index (χ2n) is 10.7. The molecule has 0 aromatic rings. The molecular formula is C26H40O3. The maximum Gasteiger partial charge on any atom is 0.119 e. The first-order valence-electron chi connectivity index (χ1n) is 11.6. The van der Waals surface area contributed by atoms with Crippen LogP contribution in [-0.4, -0.2) is 33.1 Å². The van der Waals surface area contributed by atoms with Crippen LogP contribution in [0, 0.1) is 35.0 Å². The van der Waals surface area contributed by atoms with Crippen LogP contribution < -0.4 is 0 Å². The number of aliphatic hydroxyl groups excluding tert-OH is 2. The molecule has 3 aliphatic carbocycles. The van der Waals surface area contributed by atoms with Crippen LogP contribution in [-0.2, 0) is 0 Å². The van der Waals surface area contributed by atoms with Crippen molar-refractivity contribution in [3.8, 4) is 11.8 Å². The summed E-state index contributed by atoms with van der Waals surface area (Å²) in [6.45, 7) is 8.31. The van der Waals surface area contributed by atoms with E-state index in [1.807, 2.05) is 0 Å². The highest BCUT2D eigenvalue weighted by atomic mass is 16.3. The number of hydrogen-bond donors (Lipinski definition) is 3. The second-order valence-corrected chi connectivity index (χ2v) is 10.7. The SMILES string of the molecule is C[C@H](CC#CC(C)(C)O)[C@H]1CC[C@@H]2C(=CC=C3C[C@@H](O)C[C@H](O)C3)CCC[C@@]21C. The first-order valence-corrected chi connectivity index (χ1v) is 11.6. The molecule has 0 unspecified atom stereocenters. The molecule has 0 heterocycles. The number of hydrogen-bond acceptors (Lipinski definition) is 3. The van der Waals surface area contributed by atoms with E-state index in [0.29, 0.717) is 42.4 Å². The zero-order valence-electron chi connectivity index (χ0n) is 18.7. The fourth-order valence-electron chi connectivity index (χ4n) is 6.32. The Bertz CT molecular complexity index is 690. The van der Waals surface area contributed by atoms with Gasteiger partial charge in [0.25, 0.3) is 0 Å². The smallest absolute Gasteiger partial charge is 0.119 e. The maximum absolute atomic E-state index is 9.95. The van der Waals surface area contributed by atoms with Crippen LogP contribution in [0.25, 0.3) is 0 Å². The van der Waals surface area contributed by atoms with Gasteiger partial charge >= 0.3 is 0 Å². The first kappa shape index (κ1) is 22.6. The molecule has 0 saturated heterocycles. The van der Waals surface area contributed by atoms with E-state index in [1.165, 1.54) is 37.7 Å². The van der Waals surface area contributed by atoms with Gasteiger partial charge in [-0.2, -0.15) is 0 Å². The quantitative estimate of drug-likeness (QED) is 0.599. The third-order valence-corrected chi connectivity index (χ3v) is 7.62. The molecule has 162 valence electrons. The summed E-state index contributed by atoms with van der Waals surface area (Å²) in [5, 5.41) is 29.7. The van der Waals surface area contributed by atoms with Gasteiger partial charge in [-0.05, 0) is 88.4 Å². The Kier molecular flexibility index (Phi) is 6.99. The molecule has 3 rings (SSSR count). The van der Waals surface area contributed by atoms with Crippen molar-refractivity contribution in [2.24, 2.45) is 23.2 Å². The lowest BCUT2D eigenvalue weighted by Crippen LogP contribution is -2.36. The summed E-state index contributed by atoms with van der Waals surface area (Å²) in [6, 6.07) is 0. The standard InChI is InChI=1S/C26H40O3/c1-18(7-5-13-25(2,3)29)23-11-12-24-20(8-6-14-26(23,24)4)10-9-19-15-21(27)17-22(28)16-19/h9-10,18,21-24,27-29H,6-8,11-12,14-17H2,1-4H3/t18-,21-,22-,23-,24-,26-/m1/s1. The zero-order chi connectivity index (χ0) is 21.2. The van der Waals surface area contributed by atoms with Crippen LogP contribution in [0.2, 0.25) is 0 Å². The second kappa shape index (κ2) is 8.96. The average Bonchev–Trinajstić information content (AvgIpc) is 2.95. The Balaban J connectivity index is 1.71. The lowest BCUT2D eigenvalue weighted by molar-refractivity contribution is 0.0609. The minimum atomic E-state index is -0.906. The predicted molar refractivity (Wildman–Crippen MR) is 118 cm³/mol. The highest BCUT2D eigenvalue weighted by Crippen LogP contribution is 2.59. The first-order chi connectivity index (χ1) is 13.6. The molecule has 0 radical (unpaired) electrons. The normalized spacial score (nSPS) is 37.6. The van der Waals surface area contributed by atoms with Gasteiger partial charge in [0, 0.05) is 6.42 Å². The van der Waals surface area contributed by atoms with Crippen molar-refractivity contribution in [2.45, 2.75) is 103 Å². The van der Waals surface area contributed by atoms with Gasteiger partial charge < -0.3 is 15.3 Å². The summed E-state index contributed by atoms with van der Waals surface area (Å²) >= 11 is 0. The van der Waals surface area contributed by atoms with Crippen molar-refractivity contribution >= 4 is 0 Å². The van der Waals surface area contributed by atoms with Crippen LogP contribution in [0.4, 0.5) is 0 Å². The van der Waals surface area contributed by atoms with E-state index in [4.69, 9.17) is 0 Å². The van der Waals surface area contributed by atoms with Crippen molar-refractivity contribution in [3.05, 3.63) is 23.3 Å². The van der Waals surface area contributed by atoms with Gasteiger partial charge in [0.05, 0.1) is 12.2 Å². The highest BCUT2D eigenvalue weighted by Gasteiger charge is 2.50. The number of fused-ring (bicyclic) bond motifs is 1. The van der Waals surface area contributed by atoms with Gasteiger partial charge in [0.1, 0.15) is 5.60 Å². The van der Waals surface area contributed by atoms with Crippen LogP contribution in [0.15, 0.2) is 23.3 Å². The molecular weight excluding hydrogens is 360 g/mol. The lowest BCUT2D eigenvalue weighted by atomic mass is 9.61. The molecule has 0 aromatic heterocycles. The summed E-state index contributed by atoms with van der Waals surface area (Å²) in [5.74, 6) is 8.07. The van der Waals surface area contributed by atoms with Crippen LogP contribution in [0.1, 0.15) is 85.5 Å².